The summed E-state index contributed by atoms with van der Waals surface area (Å²) in [6.45, 7) is 0. The standard InChI is InChI=1S/C31H28F3N5O2/c1-40-30-24(14-8-16-35-30)38-25-18-27-29(19-26(25)36-20-9-3-2-4-10-20)39(28-15-6-5-13-23(28)37-27)21-11-7-12-22(17-21)41-31(32,33)34/h5-8,11-20,38H,2-4,9-10H2,1H3/b36-26+. The molecule has 41 heavy (non-hydrogen) atoms. The van der Waals surface area contributed by atoms with Crippen LogP contribution in [0.2, 0.25) is 0 Å². The molecular weight excluding hydrogens is 531 g/mol. The number of hydrogen-bond acceptors (Lipinski definition) is 6. The van der Waals surface area contributed by atoms with Crippen LogP contribution in [0.5, 0.6) is 11.6 Å². The summed E-state index contributed by atoms with van der Waals surface area (Å²) in [4.78, 5) is 14.4. The molecule has 0 radical (unpaired) electrons. The molecule has 6 rings (SSSR count). The molecule has 10 heteroatoms. The summed E-state index contributed by atoms with van der Waals surface area (Å²) in [5.41, 5.74) is 4.68. The van der Waals surface area contributed by atoms with Crippen LogP contribution in [0.4, 0.5) is 24.5 Å². The summed E-state index contributed by atoms with van der Waals surface area (Å²) in [5, 5.41) is 4.17. The van der Waals surface area contributed by atoms with Gasteiger partial charge in [-0.3, -0.25) is 4.99 Å². The predicted octanol–water partition coefficient (Wildman–Crippen LogP) is 7.41. The van der Waals surface area contributed by atoms with Crippen molar-refractivity contribution in [3.63, 3.8) is 0 Å². The number of rotatable bonds is 6. The van der Waals surface area contributed by atoms with Gasteiger partial charge in [0.15, 0.2) is 0 Å². The Hall–Kier alpha value is -4.60. The van der Waals surface area contributed by atoms with E-state index in [-0.39, 0.29) is 11.8 Å². The van der Waals surface area contributed by atoms with Gasteiger partial charge in [-0.2, -0.15) is 0 Å². The van der Waals surface area contributed by atoms with Crippen molar-refractivity contribution in [3.8, 4) is 28.7 Å². The summed E-state index contributed by atoms with van der Waals surface area (Å²) in [6, 6.07) is 21.2. The summed E-state index contributed by atoms with van der Waals surface area (Å²) in [6.07, 6.45) is 2.31. The number of para-hydroxylation sites is 2. The zero-order chi connectivity index (χ0) is 28.4. The van der Waals surface area contributed by atoms with E-state index in [9.17, 15) is 13.2 Å². The van der Waals surface area contributed by atoms with Gasteiger partial charge in [-0.1, -0.05) is 37.5 Å². The molecule has 210 valence electrons. The molecule has 2 aromatic carbocycles. The molecule has 1 saturated carbocycles. The fourth-order valence-corrected chi connectivity index (χ4v) is 5.35. The lowest BCUT2D eigenvalue weighted by Crippen LogP contribution is -2.20. The lowest BCUT2D eigenvalue weighted by Gasteiger charge is -2.22. The molecule has 2 heterocycles. The number of fused-ring (bicyclic) bond motifs is 2. The van der Waals surface area contributed by atoms with Crippen molar-refractivity contribution < 1.29 is 22.6 Å². The molecular formula is C31H28F3N5O2. The molecule has 0 spiro atoms. The Bertz CT molecular complexity index is 1730. The highest BCUT2D eigenvalue weighted by Gasteiger charge is 2.31. The number of ether oxygens (including phenoxy) is 2. The number of nitrogens with one attached hydrogen (secondary N) is 1. The van der Waals surface area contributed by atoms with Gasteiger partial charge in [0.05, 0.1) is 46.6 Å². The van der Waals surface area contributed by atoms with E-state index >= 15 is 0 Å². The van der Waals surface area contributed by atoms with Crippen molar-refractivity contribution in [2.45, 2.75) is 44.5 Å². The van der Waals surface area contributed by atoms with Gasteiger partial charge in [-0.05, 0) is 61.4 Å². The lowest BCUT2D eigenvalue weighted by atomic mass is 9.96. The SMILES string of the molecule is COc1ncccc1Nc1cc2nc3ccccc3n(-c3cccc(OC(F)(F)F)c3)c-2c/c1=N\C1CCCCC1. The maximum atomic E-state index is 13.1. The molecule has 0 bridgehead atoms. The number of hydrogen-bond donors (Lipinski definition) is 1. The van der Waals surface area contributed by atoms with Crippen LogP contribution in [-0.2, 0) is 0 Å². The predicted molar refractivity (Wildman–Crippen MR) is 151 cm³/mol. The molecule has 0 atom stereocenters. The lowest BCUT2D eigenvalue weighted by molar-refractivity contribution is -0.274. The van der Waals surface area contributed by atoms with E-state index in [2.05, 4.69) is 15.0 Å². The largest absolute Gasteiger partial charge is 0.573 e. The molecule has 0 amide bonds. The first-order chi connectivity index (χ1) is 19.9. The van der Waals surface area contributed by atoms with Gasteiger partial charge in [0.2, 0.25) is 5.88 Å². The van der Waals surface area contributed by atoms with Crippen molar-refractivity contribution in [3.05, 3.63) is 84.4 Å². The van der Waals surface area contributed by atoms with Gasteiger partial charge in [0.1, 0.15) is 11.4 Å². The topological polar surface area (TPSA) is 73.6 Å². The van der Waals surface area contributed by atoms with Crippen molar-refractivity contribution in [1.29, 1.82) is 0 Å². The molecule has 1 N–H and O–H groups in total. The second-order valence-corrected chi connectivity index (χ2v) is 9.95. The van der Waals surface area contributed by atoms with Crippen molar-refractivity contribution in [2.24, 2.45) is 4.99 Å². The first-order valence-electron chi connectivity index (χ1n) is 13.5. The van der Waals surface area contributed by atoms with Crippen LogP contribution < -0.4 is 20.1 Å². The first kappa shape index (κ1) is 26.6. The minimum Gasteiger partial charge on any atom is -0.480 e. The first-order valence-corrected chi connectivity index (χ1v) is 13.5. The number of halogens is 3. The number of alkyl halides is 3. The molecule has 2 aliphatic carbocycles. The molecule has 1 aromatic heterocycles. The second kappa shape index (κ2) is 11.1. The minimum atomic E-state index is -4.80. The van der Waals surface area contributed by atoms with E-state index in [0.717, 1.165) is 42.2 Å². The normalized spacial score (nSPS) is 14.9. The highest BCUT2D eigenvalue weighted by molar-refractivity contribution is 5.84. The van der Waals surface area contributed by atoms with Crippen LogP contribution in [0.1, 0.15) is 32.1 Å². The summed E-state index contributed by atoms with van der Waals surface area (Å²) in [5.74, 6) is 0.143. The Labute approximate surface area is 234 Å². The van der Waals surface area contributed by atoms with E-state index in [1.165, 1.54) is 18.6 Å². The Morgan fingerprint density at radius 1 is 0.927 bits per heavy atom. The number of nitrogens with zero attached hydrogens (tertiary/aromatic N) is 4. The van der Waals surface area contributed by atoms with Gasteiger partial charge in [0, 0.05) is 18.0 Å². The van der Waals surface area contributed by atoms with Gasteiger partial charge >= 0.3 is 6.36 Å². The van der Waals surface area contributed by atoms with Crippen LogP contribution >= 0.6 is 0 Å². The smallest absolute Gasteiger partial charge is 0.480 e. The summed E-state index contributed by atoms with van der Waals surface area (Å²) >= 11 is 0. The zero-order valence-corrected chi connectivity index (χ0v) is 22.4. The van der Waals surface area contributed by atoms with Gasteiger partial charge in [-0.15, -0.1) is 13.2 Å². The number of methoxy groups -OCH3 is 1. The van der Waals surface area contributed by atoms with Crippen LogP contribution in [0.15, 0.2) is 84.0 Å². The van der Waals surface area contributed by atoms with Crippen LogP contribution in [0.25, 0.3) is 28.1 Å². The van der Waals surface area contributed by atoms with Crippen molar-refractivity contribution in [1.82, 2.24) is 14.5 Å². The van der Waals surface area contributed by atoms with E-state index in [4.69, 9.17) is 14.7 Å². The fourth-order valence-electron chi connectivity index (χ4n) is 5.35. The Morgan fingerprint density at radius 2 is 1.76 bits per heavy atom. The number of anilines is 2. The monoisotopic (exact) mass is 559 g/mol. The third kappa shape index (κ3) is 5.82. The van der Waals surface area contributed by atoms with E-state index in [1.807, 2.05) is 53.1 Å². The van der Waals surface area contributed by atoms with Crippen molar-refractivity contribution >= 4 is 22.4 Å². The average molecular weight is 560 g/mol. The zero-order valence-electron chi connectivity index (χ0n) is 22.4. The third-order valence-corrected chi connectivity index (χ3v) is 7.14. The van der Waals surface area contributed by atoms with Crippen LogP contribution in [0, 0.1) is 0 Å². The van der Waals surface area contributed by atoms with Gasteiger partial charge < -0.3 is 19.4 Å². The number of pyridine rings is 1. The highest BCUT2D eigenvalue weighted by atomic mass is 19.4. The third-order valence-electron chi connectivity index (χ3n) is 7.14. The summed E-state index contributed by atoms with van der Waals surface area (Å²) in [7, 11) is 1.56. The minimum absolute atomic E-state index is 0.169. The van der Waals surface area contributed by atoms with Gasteiger partial charge in [0.25, 0.3) is 0 Å². The van der Waals surface area contributed by atoms with Crippen LogP contribution in [0.3, 0.4) is 0 Å². The molecule has 3 aliphatic rings. The van der Waals surface area contributed by atoms with E-state index in [1.54, 1.807) is 25.4 Å². The Morgan fingerprint density at radius 3 is 2.56 bits per heavy atom. The summed E-state index contributed by atoms with van der Waals surface area (Å²) < 4.78 is 50.8. The highest BCUT2D eigenvalue weighted by Crippen LogP contribution is 2.33. The van der Waals surface area contributed by atoms with E-state index < -0.39 is 6.36 Å². The molecule has 7 nitrogen and oxygen atoms in total. The number of aromatic nitrogens is 3. The van der Waals surface area contributed by atoms with E-state index in [0.29, 0.717) is 34.2 Å². The average Bonchev–Trinajstić information content (AvgIpc) is 2.96. The molecule has 1 aliphatic heterocycles. The molecule has 1 fully saturated rings. The molecule has 0 unspecified atom stereocenters. The Balaban J connectivity index is 1.60. The maximum absolute atomic E-state index is 13.1. The molecule has 3 aromatic rings. The second-order valence-electron chi connectivity index (χ2n) is 9.95. The number of benzene rings is 3. The Kier molecular flexibility index (Phi) is 7.21. The fraction of sp³-hybridized carbons (Fsp3) is 0.258. The maximum Gasteiger partial charge on any atom is 0.573 e. The van der Waals surface area contributed by atoms with Crippen molar-refractivity contribution in [2.75, 3.05) is 12.4 Å². The quantitative estimate of drug-likeness (QED) is 0.219. The molecule has 0 saturated heterocycles. The van der Waals surface area contributed by atoms with Gasteiger partial charge in [-0.25, -0.2) is 9.97 Å². The van der Waals surface area contributed by atoms with Crippen LogP contribution in [-0.4, -0.2) is 34.0 Å².